The zero-order chi connectivity index (χ0) is 15.6. The Labute approximate surface area is 143 Å². The van der Waals surface area contributed by atoms with Gasteiger partial charge in [-0.25, -0.2) is 9.78 Å². The maximum atomic E-state index is 12.0. The summed E-state index contributed by atoms with van der Waals surface area (Å²) in [5.74, 6) is 0.819. The fourth-order valence-corrected chi connectivity index (χ4v) is 2.72. The van der Waals surface area contributed by atoms with Gasteiger partial charge in [-0.15, -0.1) is 0 Å². The normalized spacial score (nSPS) is 16.0. The number of carbonyl (C=O) groups is 1. The third kappa shape index (κ3) is 4.57. The van der Waals surface area contributed by atoms with E-state index >= 15 is 0 Å². The van der Waals surface area contributed by atoms with Crippen LogP contribution in [0.3, 0.4) is 0 Å². The number of piperazine rings is 1. The maximum Gasteiger partial charge on any atom is 0.410 e. The summed E-state index contributed by atoms with van der Waals surface area (Å²) >= 11 is 8.04. The molecule has 0 radical (unpaired) electrons. The Kier molecular flexibility index (Phi) is 5.13. The molecule has 0 unspecified atom stereocenters. The molecule has 1 saturated heterocycles. The van der Waals surface area contributed by atoms with Crippen molar-refractivity contribution in [1.29, 1.82) is 0 Å². The molecule has 6 nitrogen and oxygen atoms in total. The van der Waals surface area contributed by atoms with Gasteiger partial charge in [0.1, 0.15) is 11.4 Å². The van der Waals surface area contributed by atoms with Gasteiger partial charge in [0, 0.05) is 32.4 Å². The monoisotopic (exact) mass is 424 g/mol. The first-order chi connectivity index (χ1) is 9.76. The van der Waals surface area contributed by atoms with Gasteiger partial charge in [0.25, 0.3) is 0 Å². The Bertz CT molecular complexity index is 527. The molecule has 116 valence electrons. The quantitative estimate of drug-likeness (QED) is 0.512. The zero-order valence-electron chi connectivity index (χ0n) is 12.3. The standard InChI is InChI=1S/C13H18ClIN4O2/c1-13(2,3)21-12(20)19-6-4-18(5-7-19)10-9(15)8-16-11(14)17-10/h8H,4-7H2,1-3H3. The number of rotatable bonds is 1. The summed E-state index contributed by atoms with van der Waals surface area (Å²) in [6.07, 6.45) is 1.43. The van der Waals surface area contributed by atoms with Crippen LogP contribution in [0.1, 0.15) is 20.8 Å². The third-order valence-corrected chi connectivity index (χ3v) is 3.87. The molecule has 1 aromatic rings. The summed E-state index contributed by atoms with van der Waals surface area (Å²) in [6, 6.07) is 0. The molecule has 0 aliphatic carbocycles. The van der Waals surface area contributed by atoms with Crippen LogP contribution in [0.25, 0.3) is 0 Å². The van der Waals surface area contributed by atoms with Gasteiger partial charge in [0.15, 0.2) is 0 Å². The molecular weight excluding hydrogens is 407 g/mol. The van der Waals surface area contributed by atoms with E-state index in [1.807, 2.05) is 20.8 Å². The lowest BCUT2D eigenvalue weighted by atomic mass is 10.2. The van der Waals surface area contributed by atoms with Crippen LogP contribution in [0.15, 0.2) is 6.20 Å². The predicted molar refractivity (Wildman–Crippen MR) is 89.8 cm³/mol. The highest BCUT2D eigenvalue weighted by Gasteiger charge is 2.27. The Morgan fingerprint density at radius 2 is 1.95 bits per heavy atom. The highest BCUT2D eigenvalue weighted by Crippen LogP contribution is 2.22. The fraction of sp³-hybridized carbons (Fsp3) is 0.615. The molecule has 0 spiro atoms. The minimum absolute atomic E-state index is 0.236. The van der Waals surface area contributed by atoms with E-state index in [4.69, 9.17) is 16.3 Å². The van der Waals surface area contributed by atoms with Gasteiger partial charge < -0.3 is 14.5 Å². The summed E-state index contributed by atoms with van der Waals surface area (Å²) < 4.78 is 6.33. The molecule has 0 bridgehead atoms. The molecule has 2 rings (SSSR count). The van der Waals surface area contributed by atoms with Crippen LogP contribution in [0, 0.1) is 3.57 Å². The maximum absolute atomic E-state index is 12.0. The minimum atomic E-state index is -0.468. The van der Waals surface area contributed by atoms with Crippen molar-refractivity contribution in [3.8, 4) is 0 Å². The number of nitrogens with zero attached hydrogens (tertiary/aromatic N) is 4. The summed E-state index contributed by atoms with van der Waals surface area (Å²) in [4.78, 5) is 24.1. The third-order valence-electron chi connectivity index (χ3n) is 2.93. The van der Waals surface area contributed by atoms with E-state index in [1.54, 1.807) is 11.1 Å². The Morgan fingerprint density at radius 1 is 1.33 bits per heavy atom. The molecular formula is C13H18ClIN4O2. The van der Waals surface area contributed by atoms with E-state index in [-0.39, 0.29) is 11.4 Å². The van der Waals surface area contributed by atoms with Gasteiger partial charge in [-0.1, -0.05) is 0 Å². The topological polar surface area (TPSA) is 58.6 Å². The lowest BCUT2D eigenvalue weighted by molar-refractivity contribution is 0.0240. The van der Waals surface area contributed by atoms with Gasteiger partial charge in [-0.2, -0.15) is 4.98 Å². The molecule has 21 heavy (non-hydrogen) atoms. The molecule has 1 amide bonds. The first kappa shape index (κ1) is 16.5. The fourth-order valence-electron chi connectivity index (χ4n) is 1.99. The van der Waals surface area contributed by atoms with E-state index < -0.39 is 5.60 Å². The molecule has 1 aliphatic heterocycles. The van der Waals surface area contributed by atoms with Crippen molar-refractivity contribution in [1.82, 2.24) is 14.9 Å². The SMILES string of the molecule is CC(C)(C)OC(=O)N1CCN(c2nc(Cl)ncc2I)CC1. The Hall–Kier alpha value is -0.830. The Morgan fingerprint density at radius 3 is 2.52 bits per heavy atom. The summed E-state index contributed by atoms with van der Waals surface area (Å²) in [5, 5.41) is 0.236. The van der Waals surface area contributed by atoms with Crippen molar-refractivity contribution in [2.45, 2.75) is 26.4 Å². The second-order valence-electron chi connectivity index (χ2n) is 5.77. The van der Waals surface area contributed by atoms with E-state index in [0.29, 0.717) is 26.2 Å². The minimum Gasteiger partial charge on any atom is -0.444 e. The number of ether oxygens (including phenoxy) is 1. The van der Waals surface area contributed by atoms with Crippen LogP contribution in [0.4, 0.5) is 10.6 Å². The van der Waals surface area contributed by atoms with Crippen molar-refractivity contribution >= 4 is 46.1 Å². The van der Waals surface area contributed by atoms with Gasteiger partial charge in [-0.05, 0) is 55.0 Å². The molecule has 1 aromatic heterocycles. The molecule has 8 heteroatoms. The lowest BCUT2D eigenvalue weighted by Gasteiger charge is -2.36. The largest absolute Gasteiger partial charge is 0.444 e. The predicted octanol–water partition coefficient (Wildman–Crippen LogP) is 2.79. The van der Waals surface area contributed by atoms with Crippen LogP contribution in [-0.4, -0.2) is 52.7 Å². The van der Waals surface area contributed by atoms with Crippen LogP contribution in [0.5, 0.6) is 0 Å². The van der Waals surface area contributed by atoms with Crippen LogP contribution < -0.4 is 4.90 Å². The number of anilines is 1. The molecule has 0 aromatic carbocycles. The number of hydrogen-bond acceptors (Lipinski definition) is 5. The first-order valence-corrected chi connectivity index (χ1v) is 8.13. The molecule has 1 fully saturated rings. The second-order valence-corrected chi connectivity index (χ2v) is 7.27. The van der Waals surface area contributed by atoms with E-state index in [9.17, 15) is 4.79 Å². The number of amides is 1. The van der Waals surface area contributed by atoms with Gasteiger partial charge in [0.05, 0.1) is 3.57 Å². The smallest absolute Gasteiger partial charge is 0.410 e. The highest BCUT2D eigenvalue weighted by atomic mass is 127. The van der Waals surface area contributed by atoms with Gasteiger partial charge >= 0.3 is 6.09 Å². The number of hydrogen-bond donors (Lipinski definition) is 0. The molecule has 0 N–H and O–H groups in total. The first-order valence-electron chi connectivity index (χ1n) is 6.67. The zero-order valence-corrected chi connectivity index (χ0v) is 15.2. The number of halogens is 2. The molecule has 0 saturated carbocycles. The van der Waals surface area contributed by atoms with E-state index in [0.717, 1.165) is 9.39 Å². The molecule has 0 atom stereocenters. The Balaban J connectivity index is 1.97. The van der Waals surface area contributed by atoms with Crippen LogP contribution >= 0.6 is 34.2 Å². The average molecular weight is 425 g/mol. The summed E-state index contributed by atoms with van der Waals surface area (Å²) in [5.41, 5.74) is -0.468. The van der Waals surface area contributed by atoms with Crippen molar-refractivity contribution < 1.29 is 9.53 Å². The number of aromatic nitrogens is 2. The molecule has 2 heterocycles. The van der Waals surface area contributed by atoms with Crippen molar-refractivity contribution in [3.05, 3.63) is 15.1 Å². The lowest BCUT2D eigenvalue weighted by Crippen LogP contribution is -2.50. The van der Waals surface area contributed by atoms with Crippen molar-refractivity contribution in [2.75, 3.05) is 31.1 Å². The van der Waals surface area contributed by atoms with Crippen LogP contribution in [0.2, 0.25) is 5.28 Å². The highest BCUT2D eigenvalue weighted by molar-refractivity contribution is 14.1. The van der Waals surface area contributed by atoms with Crippen molar-refractivity contribution in [2.24, 2.45) is 0 Å². The van der Waals surface area contributed by atoms with Gasteiger partial charge in [0.2, 0.25) is 5.28 Å². The average Bonchev–Trinajstić information content (AvgIpc) is 2.40. The van der Waals surface area contributed by atoms with E-state index in [1.165, 1.54) is 0 Å². The summed E-state index contributed by atoms with van der Waals surface area (Å²) in [7, 11) is 0. The second kappa shape index (κ2) is 6.51. The molecule has 1 aliphatic rings. The summed E-state index contributed by atoms with van der Waals surface area (Å²) in [6.45, 7) is 8.20. The number of carbonyl (C=O) groups excluding carboxylic acids is 1. The van der Waals surface area contributed by atoms with Crippen molar-refractivity contribution in [3.63, 3.8) is 0 Å². The van der Waals surface area contributed by atoms with Crippen LogP contribution in [-0.2, 0) is 4.74 Å². The van der Waals surface area contributed by atoms with E-state index in [2.05, 4.69) is 37.5 Å². The van der Waals surface area contributed by atoms with Gasteiger partial charge in [-0.3, -0.25) is 0 Å².